The van der Waals surface area contributed by atoms with Crippen molar-refractivity contribution in [2.75, 3.05) is 46.5 Å². The van der Waals surface area contributed by atoms with Gasteiger partial charge < -0.3 is 24.0 Å². The molecule has 0 spiro atoms. The van der Waals surface area contributed by atoms with Gasteiger partial charge >= 0.3 is 12.2 Å². The molecule has 0 radical (unpaired) electrons. The number of hydrogen-bond donors (Lipinski definition) is 0. The van der Waals surface area contributed by atoms with Gasteiger partial charge in [0.1, 0.15) is 6.10 Å². The van der Waals surface area contributed by atoms with Crippen LogP contribution in [0.4, 0.5) is 9.59 Å². The Labute approximate surface area is 160 Å². The molecule has 0 aromatic heterocycles. The van der Waals surface area contributed by atoms with Crippen LogP contribution in [-0.2, 0) is 20.6 Å². The summed E-state index contributed by atoms with van der Waals surface area (Å²) in [4.78, 5) is 28.2. The second-order valence-corrected chi connectivity index (χ2v) is 7.01. The first kappa shape index (κ1) is 19.5. The minimum atomic E-state index is -0.708. The molecule has 0 saturated carbocycles. The normalized spacial score (nSPS) is 23.0. The van der Waals surface area contributed by atoms with Gasteiger partial charge in [-0.1, -0.05) is 31.2 Å². The smallest absolute Gasteiger partial charge is 0.438 e. The lowest BCUT2D eigenvalue weighted by Crippen LogP contribution is -2.54. The van der Waals surface area contributed by atoms with Gasteiger partial charge in [-0.05, 0) is 24.0 Å². The molecule has 7 nitrogen and oxygen atoms in total. The summed E-state index contributed by atoms with van der Waals surface area (Å²) in [5.41, 5.74) is 2.43. The number of piperidine rings is 1. The van der Waals surface area contributed by atoms with E-state index in [4.69, 9.17) is 9.47 Å². The van der Waals surface area contributed by atoms with Crippen molar-refractivity contribution >= 4 is 12.2 Å². The number of carbonyl (C=O) groups is 2. The fourth-order valence-corrected chi connectivity index (χ4v) is 3.70. The van der Waals surface area contributed by atoms with Crippen molar-refractivity contribution in [3.05, 3.63) is 35.4 Å². The van der Waals surface area contributed by atoms with Gasteiger partial charge in [-0.3, -0.25) is 0 Å². The van der Waals surface area contributed by atoms with Crippen molar-refractivity contribution in [3.63, 3.8) is 0 Å². The predicted octanol–water partition coefficient (Wildman–Crippen LogP) is 2.64. The highest BCUT2D eigenvalue weighted by Gasteiger charge is 2.35. The Balaban J connectivity index is 1.75. The first-order valence-electron chi connectivity index (χ1n) is 9.55. The zero-order chi connectivity index (χ0) is 19.2. The highest BCUT2D eigenvalue weighted by atomic mass is 16.7. The highest BCUT2D eigenvalue weighted by Crippen LogP contribution is 2.30. The second-order valence-electron chi connectivity index (χ2n) is 7.01. The molecule has 0 bridgehead atoms. The Kier molecular flexibility index (Phi) is 6.55. The van der Waals surface area contributed by atoms with E-state index in [2.05, 4.69) is 35.9 Å². The van der Waals surface area contributed by atoms with Crippen molar-refractivity contribution in [1.29, 1.82) is 0 Å². The molecule has 2 saturated heterocycles. The highest BCUT2D eigenvalue weighted by molar-refractivity contribution is 5.75. The number of amides is 2. The van der Waals surface area contributed by atoms with Crippen LogP contribution in [-0.4, -0.2) is 74.6 Å². The average molecular weight is 376 g/mol. The van der Waals surface area contributed by atoms with Crippen LogP contribution in [0.2, 0.25) is 0 Å². The Hall–Kier alpha value is -2.28. The molecule has 2 heterocycles. The Bertz CT molecular complexity index is 642. The summed E-state index contributed by atoms with van der Waals surface area (Å²) in [5.74, 6) is 0.115. The zero-order valence-electron chi connectivity index (χ0n) is 16.1. The van der Waals surface area contributed by atoms with E-state index in [1.54, 1.807) is 9.80 Å². The van der Waals surface area contributed by atoms with Crippen LogP contribution < -0.4 is 0 Å². The number of nitrogens with zero attached hydrogens (tertiary/aromatic N) is 2. The second kappa shape index (κ2) is 9.08. The summed E-state index contributed by atoms with van der Waals surface area (Å²) in [7, 11) is 1.29. The monoisotopic (exact) mass is 376 g/mol. The molecule has 7 heteroatoms. The molecule has 2 aliphatic rings. The van der Waals surface area contributed by atoms with Gasteiger partial charge in [0.2, 0.25) is 0 Å². The molecular weight excluding hydrogens is 348 g/mol. The van der Waals surface area contributed by atoms with E-state index >= 15 is 0 Å². The number of rotatable bonds is 3. The molecule has 2 unspecified atom stereocenters. The summed E-state index contributed by atoms with van der Waals surface area (Å²) < 4.78 is 15.4. The lowest BCUT2D eigenvalue weighted by Gasteiger charge is -2.40. The van der Waals surface area contributed by atoms with Gasteiger partial charge in [0, 0.05) is 25.6 Å². The maximum Gasteiger partial charge on any atom is 0.508 e. The van der Waals surface area contributed by atoms with E-state index in [9.17, 15) is 9.59 Å². The van der Waals surface area contributed by atoms with Gasteiger partial charge in [-0.2, -0.15) is 0 Å². The fraction of sp³-hybridized carbons (Fsp3) is 0.600. The number of likely N-dealkylation sites (tertiary alicyclic amines) is 1. The maximum absolute atomic E-state index is 13.0. The lowest BCUT2D eigenvalue weighted by molar-refractivity contribution is -0.00313. The molecule has 0 N–H and O–H groups in total. The fourth-order valence-electron chi connectivity index (χ4n) is 3.70. The van der Waals surface area contributed by atoms with E-state index in [-0.39, 0.29) is 18.1 Å². The molecule has 1 aromatic rings. The van der Waals surface area contributed by atoms with Crippen LogP contribution in [0.15, 0.2) is 24.3 Å². The summed E-state index contributed by atoms with van der Waals surface area (Å²) >= 11 is 0. The third kappa shape index (κ3) is 4.91. The quantitative estimate of drug-likeness (QED) is 0.759. The molecule has 2 aliphatic heterocycles. The van der Waals surface area contributed by atoms with Crippen molar-refractivity contribution in [3.8, 4) is 0 Å². The topological polar surface area (TPSA) is 68.3 Å². The Morgan fingerprint density at radius 2 is 1.81 bits per heavy atom. The first-order chi connectivity index (χ1) is 13.1. The van der Waals surface area contributed by atoms with Crippen LogP contribution in [0, 0.1) is 0 Å². The van der Waals surface area contributed by atoms with Crippen molar-refractivity contribution in [1.82, 2.24) is 9.80 Å². The molecule has 148 valence electrons. The average Bonchev–Trinajstić information content (AvgIpc) is 2.73. The standard InChI is InChI=1S/C20H28N2O5/c1-3-15-4-6-16(7-5-15)17-12-18(27-20(24)25-2)14-22(13-17)19(23)21-8-10-26-11-9-21/h4-7,17-18H,3,8-14H2,1-2H3. The van der Waals surface area contributed by atoms with E-state index in [1.807, 2.05) is 0 Å². The van der Waals surface area contributed by atoms with Gasteiger partial charge in [0.25, 0.3) is 0 Å². The molecule has 1 aromatic carbocycles. The maximum atomic E-state index is 13.0. The molecule has 3 rings (SSSR count). The van der Waals surface area contributed by atoms with E-state index < -0.39 is 6.16 Å². The van der Waals surface area contributed by atoms with Crippen LogP contribution in [0.5, 0.6) is 0 Å². The van der Waals surface area contributed by atoms with E-state index in [0.29, 0.717) is 45.8 Å². The number of urea groups is 1. The van der Waals surface area contributed by atoms with Crippen molar-refractivity contribution in [2.45, 2.75) is 31.8 Å². The molecule has 2 fully saturated rings. The summed E-state index contributed by atoms with van der Waals surface area (Å²) in [6.07, 6.45) is 0.571. The summed E-state index contributed by atoms with van der Waals surface area (Å²) in [6, 6.07) is 8.44. The summed E-state index contributed by atoms with van der Waals surface area (Å²) in [6.45, 7) is 5.42. The number of methoxy groups -OCH3 is 1. The third-order valence-corrected chi connectivity index (χ3v) is 5.25. The Morgan fingerprint density at radius 1 is 1.11 bits per heavy atom. The van der Waals surface area contributed by atoms with E-state index in [0.717, 1.165) is 12.0 Å². The van der Waals surface area contributed by atoms with Crippen LogP contribution in [0.1, 0.15) is 30.4 Å². The van der Waals surface area contributed by atoms with Crippen LogP contribution in [0.3, 0.4) is 0 Å². The number of benzene rings is 1. The van der Waals surface area contributed by atoms with Crippen molar-refractivity contribution in [2.24, 2.45) is 0 Å². The van der Waals surface area contributed by atoms with Gasteiger partial charge in [0.15, 0.2) is 0 Å². The minimum absolute atomic E-state index is 0.0216. The molecule has 0 aliphatic carbocycles. The largest absolute Gasteiger partial charge is 0.508 e. The van der Waals surface area contributed by atoms with Gasteiger partial charge in [0.05, 0.1) is 26.9 Å². The number of carbonyl (C=O) groups excluding carboxylic acids is 2. The van der Waals surface area contributed by atoms with E-state index in [1.165, 1.54) is 12.7 Å². The third-order valence-electron chi connectivity index (χ3n) is 5.25. The van der Waals surface area contributed by atoms with Gasteiger partial charge in [-0.15, -0.1) is 0 Å². The summed E-state index contributed by atoms with van der Waals surface area (Å²) in [5, 5.41) is 0. The van der Waals surface area contributed by atoms with Crippen molar-refractivity contribution < 1.29 is 23.8 Å². The zero-order valence-corrected chi connectivity index (χ0v) is 16.1. The van der Waals surface area contributed by atoms with Crippen LogP contribution in [0.25, 0.3) is 0 Å². The SMILES string of the molecule is CCc1ccc(C2CC(OC(=O)OC)CN(C(=O)N3CCOCC3)C2)cc1. The minimum Gasteiger partial charge on any atom is -0.438 e. The molecule has 2 amide bonds. The number of aryl methyl sites for hydroxylation is 1. The number of morpholine rings is 1. The lowest BCUT2D eigenvalue weighted by atomic mass is 9.88. The predicted molar refractivity (Wildman–Crippen MR) is 99.8 cm³/mol. The molecule has 2 atom stereocenters. The number of ether oxygens (including phenoxy) is 3. The first-order valence-corrected chi connectivity index (χ1v) is 9.55. The van der Waals surface area contributed by atoms with Crippen LogP contribution >= 0.6 is 0 Å². The Morgan fingerprint density at radius 3 is 2.44 bits per heavy atom. The molecular formula is C20H28N2O5. The number of hydrogen-bond acceptors (Lipinski definition) is 5. The molecule has 27 heavy (non-hydrogen) atoms. The van der Waals surface area contributed by atoms with Gasteiger partial charge in [-0.25, -0.2) is 9.59 Å².